The second-order valence-electron chi connectivity index (χ2n) is 7.22. The minimum absolute atomic E-state index is 0.0597. The first-order valence-electron chi connectivity index (χ1n) is 8.80. The van der Waals surface area contributed by atoms with E-state index in [0.29, 0.717) is 12.1 Å². The number of carbonyl (C=O) groups is 2. The Labute approximate surface area is 155 Å². The number of anilines is 1. The maximum absolute atomic E-state index is 12.1. The van der Waals surface area contributed by atoms with Crippen LogP contribution in [0.5, 0.6) is 0 Å². The van der Waals surface area contributed by atoms with Gasteiger partial charge in [0.05, 0.1) is 6.54 Å². The molecule has 0 unspecified atom stereocenters. The fourth-order valence-electron chi connectivity index (χ4n) is 2.39. The van der Waals surface area contributed by atoms with E-state index < -0.39 is 0 Å². The molecule has 0 saturated heterocycles. The summed E-state index contributed by atoms with van der Waals surface area (Å²) in [7, 11) is 0. The van der Waals surface area contributed by atoms with Crippen LogP contribution in [0.4, 0.5) is 5.69 Å². The number of benzene rings is 2. The average Bonchev–Trinajstić information content (AvgIpc) is 2.60. The van der Waals surface area contributed by atoms with Gasteiger partial charge in [-0.1, -0.05) is 30.3 Å². The van der Waals surface area contributed by atoms with Gasteiger partial charge in [0, 0.05) is 23.3 Å². The maximum atomic E-state index is 12.1. The lowest BCUT2D eigenvalue weighted by Gasteiger charge is -2.20. The molecule has 2 aromatic rings. The summed E-state index contributed by atoms with van der Waals surface area (Å²) in [4.78, 5) is 24.0. The molecule has 138 valence electrons. The van der Waals surface area contributed by atoms with Crippen molar-refractivity contribution in [3.63, 3.8) is 0 Å². The highest BCUT2D eigenvalue weighted by Gasteiger charge is 2.14. The van der Waals surface area contributed by atoms with Crippen LogP contribution in [0.1, 0.15) is 36.7 Å². The predicted molar refractivity (Wildman–Crippen MR) is 105 cm³/mol. The molecule has 5 nitrogen and oxygen atoms in total. The Balaban J connectivity index is 1.73. The van der Waals surface area contributed by atoms with Crippen LogP contribution in [0.3, 0.4) is 0 Å². The number of nitrogens with one attached hydrogen (secondary N) is 3. The Morgan fingerprint density at radius 2 is 1.58 bits per heavy atom. The van der Waals surface area contributed by atoms with Crippen LogP contribution in [-0.2, 0) is 11.2 Å². The molecule has 0 fully saturated rings. The Hall–Kier alpha value is -2.82. The monoisotopic (exact) mass is 353 g/mol. The van der Waals surface area contributed by atoms with Gasteiger partial charge in [0.2, 0.25) is 5.91 Å². The third kappa shape index (κ3) is 6.97. The molecule has 2 rings (SSSR count). The van der Waals surface area contributed by atoms with Crippen molar-refractivity contribution in [1.82, 2.24) is 10.6 Å². The molecule has 0 bridgehead atoms. The lowest BCUT2D eigenvalue weighted by molar-refractivity contribution is -0.119. The van der Waals surface area contributed by atoms with Crippen LogP contribution in [0.25, 0.3) is 0 Å². The topological polar surface area (TPSA) is 70.2 Å². The SMILES string of the molecule is CC(C)(C)NC(=O)c1ccc(NCC(=O)NCCc2ccccc2)cc1. The van der Waals surface area contributed by atoms with E-state index in [1.165, 1.54) is 5.56 Å². The predicted octanol–water partition coefficient (Wildman–Crippen LogP) is 2.99. The van der Waals surface area contributed by atoms with Crippen LogP contribution in [-0.4, -0.2) is 30.4 Å². The van der Waals surface area contributed by atoms with Crippen molar-refractivity contribution in [2.24, 2.45) is 0 Å². The molecule has 0 atom stereocenters. The lowest BCUT2D eigenvalue weighted by Crippen LogP contribution is -2.40. The molecule has 0 heterocycles. The third-order valence-corrected chi connectivity index (χ3v) is 3.67. The number of carbonyl (C=O) groups excluding carboxylic acids is 2. The number of hydrogen-bond acceptors (Lipinski definition) is 3. The molecule has 0 saturated carbocycles. The fourth-order valence-corrected chi connectivity index (χ4v) is 2.39. The van der Waals surface area contributed by atoms with E-state index in [9.17, 15) is 9.59 Å². The van der Waals surface area contributed by atoms with Crippen LogP contribution in [0.2, 0.25) is 0 Å². The first-order valence-corrected chi connectivity index (χ1v) is 8.80. The first-order chi connectivity index (χ1) is 12.3. The summed E-state index contributed by atoms with van der Waals surface area (Å²) in [5.74, 6) is -0.168. The third-order valence-electron chi connectivity index (χ3n) is 3.67. The van der Waals surface area contributed by atoms with Crippen molar-refractivity contribution in [2.75, 3.05) is 18.4 Å². The Morgan fingerprint density at radius 3 is 2.19 bits per heavy atom. The summed E-state index contributed by atoms with van der Waals surface area (Å²) in [5, 5.41) is 8.87. The van der Waals surface area contributed by atoms with Crippen molar-refractivity contribution in [1.29, 1.82) is 0 Å². The molecule has 0 aliphatic rings. The van der Waals surface area contributed by atoms with Gasteiger partial charge in [-0.15, -0.1) is 0 Å². The van der Waals surface area contributed by atoms with Crippen molar-refractivity contribution >= 4 is 17.5 Å². The van der Waals surface area contributed by atoms with Gasteiger partial charge in [-0.2, -0.15) is 0 Å². The van der Waals surface area contributed by atoms with E-state index in [0.717, 1.165) is 12.1 Å². The van der Waals surface area contributed by atoms with Gasteiger partial charge < -0.3 is 16.0 Å². The van der Waals surface area contributed by atoms with Gasteiger partial charge >= 0.3 is 0 Å². The minimum Gasteiger partial charge on any atom is -0.376 e. The van der Waals surface area contributed by atoms with Crippen molar-refractivity contribution in [3.8, 4) is 0 Å². The van der Waals surface area contributed by atoms with Gasteiger partial charge in [-0.3, -0.25) is 9.59 Å². The molecule has 0 aliphatic heterocycles. The second-order valence-corrected chi connectivity index (χ2v) is 7.22. The first kappa shape index (κ1) is 19.5. The molecular weight excluding hydrogens is 326 g/mol. The van der Waals surface area contributed by atoms with Gasteiger partial charge in [-0.05, 0) is 57.0 Å². The van der Waals surface area contributed by atoms with Gasteiger partial charge in [0.15, 0.2) is 0 Å². The van der Waals surface area contributed by atoms with E-state index in [1.54, 1.807) is 24.3 Å². The van der Waals surface area contributed by atoms with E-state index >= 15 is 0 Å². The zero-order valence-electron chi connectivity index (χ0n) is 15.6. The number of amides is 2. The van der Waals surface area contributed by atoms with Crippen LogP contribution >= 0.6 is 0 Å². The molecule has 0 radical (unpaired) electrons. The molecule has 5 heteroatoms. The summed E-state index contributed by atoms with van der Waals surface area (Å²) in [6, 6.07) is 17.1. The van der Waals surface area contributed by atoms with Crippen molar-refractivity contribution in [3.05, 3.63) is 65.7 Å². The summed E-state index contributed by atoms with van der Waals surface area (Å²) in [5.41, 5.74) is 2.32. The average molecular weight is 353 g/mol. The molecule has 0 aromatic heterocycles. The maximum Gasteiger partial charge on any atom is 0.251 e. The highest BCUT2D eigenvalue weighted by atomic mass is 16.2. The molecule has 3 N–H and O–H groups in total. The van der Waals surface area contributed by atoms with E-state index in [4.69, 9.17) is 0 Å². The summed E-state index contributed by atoms with van der Waals surface area (Å²) in [6.45, 7) is 6.63. The zero-order valence-corrected chi connectivity index (χ0v) is 15.6. The van der Waals surface area contributed by atoms with Crippen LogP contribution in [0, 0.1) is 0 Å². The van der Waals surface area contributed by atoms with Gasteiger partial charge in [0.25, 0.3) is 5.91 Å². The second kappa shape index (κ2) is 9.04. The van der Waals surface area contributed by atoms with E-state index in [1.807, 2.05) is 51.1 Å². The Morgan fingerprint density at radius 1 is 0.923 bits per heavy atom. The summed E-state index contributed by atoms with van der Waals surface area (Å²) < 4.78 is 0. The molecule has 2 aromatic carbocycles. The molecule has 0 spiro atoms. The van der Waals surface area contributed by atoms with Crippen LogP contribution < -0.4 is 16.0 Å². The standard InChI is InChI=1S/C21H27N3O2/c1-21(2,3)24-20(26)17-9-11-18(12-10-17)23-15-19(25)22-14-13-16-7-5-4-6-8-16/h4-12,23H,13-15H2,1-3H3,(H,22,25)(H,24,26). The van der Waals surface area contributed by atoms with E-state index in [2.05, 4.69) is 16.0 Å². The van der Waals surface area contributed by atoms with Crippen molar-refractivity contribution in [2.45, 2.75) is 32.7 Å². The van der Waals surface area contributed by atoms with Gasteiger partial charge in [-0.25, -0.2) is 0 Å². The minimum atomic E-state index is -0.272. The highest BCUT2D eigenvalue weighted by Crippen LogP contribution is 2.10. The highest BCUT2D eigenvalue weighted by molar-refractivity contribution is 5.95. The smallest absolute Gasteiger partial charge is 0.251 e. The molecular formula is C21H27N3O2. The number of hydrogen-bond donors (Lipinski definition) is 3. The van der Waals surface area contributed by atoms with E-state index in [-0.39, 0.29) is 23.9 Å². The van der Waals surface area contributed by atoms with Crippen LogP contribution in [0.15, 0.2) is 54.6 Å². The summed E-state index contributed by atoms with van der Waals surface area (Å²) >= 11 is 0. The number of rotatable bonds is 7. The Bertz CT molecular complexity index is 719. The lowest BCUT2D eigenvalue weighted by atomic mass is 10.1. The van der Waals surface area contributed by atoms with Crippen molar-refractivity contribution < 1.29 is 9.59 Å². The normalized spacial score (nSPS) is 10.9. The molecule has 0 aliphatic carbocycles. The summed E-state index contributed by atoms with van der Waals surface area (Å²) in [6.07, 6.45) is 0.810. The Kier molecular flexibility index (Phi) is 6.78. The quantitative estimate of drug-likeness (QED) is 0.717. The molecule has 2 amide bonds. The largest absolute Gasteiger partial charge is 0.376 e. The fraction of sp³-hybridized carbons (Fsp3) is 0.333. The zero-order chi connectivity index (χ0) is 19.0. The molecule has 26 heavy (non-hydrogen) atoms. The van der Waals surface area contributed by atoms with Gasteiger partial charge in [0.1, 0.15) is 0 Å².